The highest BCUT2D eigenvalue weighted by Gasteiger charge is 2.52. The number of aromatic amines is 1. The molecule has 2 aromatic carbocycles. The average Bonchev–Trinajstić information content (AvgIpc) is 3.42. The number of aromatic nitrogens is 1. The molecular formula is C27H30F2N2O3. The van der Waals surface area contributed by atoms with E-state index in [0.717, 1.165) is 39.8 Å². The third kappa shape index (κ3) is 4.06. The molecule has 5 nitrogen and oxygen atoms in total. The second-order valence-electron chi connectivity index (χ2n) is 10.0. The summed E-state index contributed by atoms with van der Waals surface area (Å²) in [4.78, 5) is 17.0. The molecule has 3 aromatic rings. The number of aromatic carboxylic acids is 1. The van der Waals surface area contributed by atoms with Crippen molar-refractivity contribution < 1.29 is 23.4 Å². The SMILES string of the molecule is COc1cc(C)c2[nH]ccc2c1CN1CCC2(CCC(F)(F)C2)C[C@H]1c1ccc(C(=O)O)cc1. The normalized spacial score (nSPS) is 24.6. The Hall–Kier alpha value is -2.93. The zero-order valence-electron chi connectivity index (χ0n) is 19.5. The molecule has 2 fully saturated rings. The van der Waals surface area contributed by atoms with Crippen LogP contribution in [0.15, 0.2) is 42.6 Å². The maximum Gasteiger partial charge on any atom is 0.335 e. The first-order valence-electron chi connectivity index (χ1n) is 11.8. The van der Waals surface area contributed by atoms with Crippen molar-refractivity contribution in [3.63, 3.8) is 0 Å². The van der Waals surface area contributed by atoms with Crippen LogP contribution in [0.25, 0.3) is 10.9 Å². The lowest BCUT2D eigenvalue weighted by molar-refractivity contribution is -0.0235. The Kier molecular flexibility index (Phi) is 5.63. The van der Waals surface area contributed by atoms with Crippen LogP contribution in [0.5, 0.6) is 5.75 Å². The molecule has 0 bridgehead atoms. The number of alkyl halides is 2. The van der Waals surface area contributed by atoms with Gasteiger partial charge in [0, 0.05) is 48.1 Å². The van der Waals surface area contributed by atoms with Crippen molar-refractivity contribution in [2.45, 2.75) is 57.5 Å². The summed E-state index contributed by atoms with van der Waals surface area (Å²) in [7, 11) is 1.67. The monoisotopic (exact) mass is 468 g/mol. The average molecular weight is 469 g/mol. The van der Waals surface area contributed by atoms with E-state index in [2.05, 4.69) is 16.0 Å². The topological polar surface area (TPSA) is 65.6 Å². The van der Waals surface area contributed by atoms with Gasteiger partial charge in [-0.15, -0.1) is 0 Å². The highest BCUT2D eigenvalue weighted by atomic mass is 19.3. The summed E-state index contributed by atoms with van der Waals surface area (Å²) in [6, 6.07) is 10.9. The van der Waals surface area contributed by atoms with E-state index in [1.54, 1.807) is 19.2 Å². The summed E-state index contributed by atoms with van der Waals surface area (Å²) in [5.74, 6) is -2.76. The summed E-state index contributed by atoms with van der Waals surface area (Å²) in [6.45, 7) is 3.36. The lowest BCUT2D eigenvalue weighted by Crippen LogP contribution is -2.41. The molecule has 5 rings (SSSR count). The summed E-state index contributed by atoms with van der Waals surface area (Å²) >= 11 is 0. The largest absolute Gasteiger partial charge is 0.496 e. The summed E-state index contributed by atoms with van der Waals surface area (Å²) in [5, 5.41) is 10.4. The Morgan fingerprint density at radius 3 is 2.62 bits per heavy atom. The first kappa shape index (κ1) is 22.8. The van der Waals surface area contributed by atoms with Crippen LogP contribution in [-0.4, -0.2) is 40.5 Å². The number of H-pyrrole nitrogens is 1. The number of likely N-dealkylation sites (tertiary alicyclic amines) is 1. The molecule has 180 valence electrons. The van der Waals surface area contributed by atoms with E-state index >= 15 is 0 Å². The third-order valence-electron chi connectivity index (χ3n) is 7.89. The Labute approximate surface area is 197 Å². The fraction of sp³-hybridized carbons (Fsp3) is 0.444. The van der Waals surface area contributed by atoms with Gasteiger partial charge in [0.1, 0.15) is 5.75 Å². The molecule has 1 unspecified atom stereocenters. The van der Waals surface area contributed by atoms with Crippen molar-refractivity contribution in [3.8, 4) is 5.75 Å². The standard InChI is InChI=1S/C27H30F2N2O3/c1-17-13-23(34-2)21(20-7-11-30-24(17)20)15-31-12-10-26(8-9-27(28,29)16-26)14-22(31)18-3-5-19(6-4-18)25(32)33/h3-7,11,13,22,30H,8-10,12,14-16H2,1-2H3,(H,32,33)/t22-,26?/m0/s1. The first-order valence-corrected chi connectivity index (χ1v) is 11.8. The second kappa shape index (κ2) is 8.38. The van der Waals surface area contributed by atoms with E-state index in [0.29, 0.717) is 25.9 Å². The number of piperidine rings is 1. The number of ether oxygens (including phenoxy) is 1. The van der Waals surface area contributed by atoms with Gasteiger partial charge in [-0.2, -0.15) is 0 Å². The Morgan fingerprint density at radius 2 is 1.97 bits per heavy atom. The minimum atomic E-state index is -2.60. The van der Waals surface area contributed by atoms with Gasteiger partial charge in [-0.3, -0.25) is 4.90 Å². The minimum Gasteiger partial charge on any atom is -0.496 e. The highest BCUT2D eigenvalue weighted by molar-refractivity contribution is 5.88. The molecule has 34 heavy (non-hydrogen) atoms. The van der Waals surface area contributed by atoms with Crippen molar-refractivity contribution in [1.29, 1.82) is 0 Å². The number of benzene rings is 2. The van der Waals surface area contributed by atoms with Crippen LogP contribution in [0, 0.1) is 12.3 Å². The number of rotatable bonds is 5. The van der Waals surface area contributed by atoms with Crippen LogP contribution in [-0.2, 0) is 6.54 Å². The molecule has 1 saturated carbocycles. The lowest BCUT2D eigenvalue weighted by atomic mass is 9.72. The van der Waals surface area contributed by atoms with E-state index < -0.39 is 11.9 Å². The number of hydrogen-bond acceptors (Lipinski definition) is 3. The van der Waals surface area contributed by atoms with Crippen molar-refractivity contribution in [2.24, 2.45) is 5.41 Å². The zero-order valence-corrected chi connectivity index (χ0v) is 19.5. The van der Waals surface area contributed by atoms with E-state index in [-0.39, 0.29) is 29.9 Å². The molecule has 2 atom stereocenters. The smallest absolute Gasteiger partial charge is 0.335 e. The number of aryl methyl sites for hydroxylation is 1. The fourth-order valence-corrected chi connectivity index (χ4v) is 6.09. The number of hydrogen-bond donors (Lipinski definition) is 2. The van der Waals surface area contributed by atoms with Gasteiger partial charge in [0.2, 0.25) is 5.92 Å². The van der Waals surface area contributed by atoms with Gasteiger partial charge in [0.25, 0.3) is 0 Å². The molecule has 1 aliphatic carbocycles. The van der Waals surface area contributed by atoms with E-state index in [1.165, 1.54) is 0 Å². The van der Waals surface area contributed by atoms with Crippen LogP contribution in [0.2, 0.25) is 0 Å². The number of carboxylic acids is 1. The molecule has 2 heterocycles. The minimum absolute atomic E-state index is 0.0482. The van der Waals surface area contributed by atoms with Gasteiger partial charge in [-0.05, 0) is 73.5 Å². The van der Waals surface area contributed by atoms with Crippen LogP contribution in [0.1, 0.15) is 65.2 Å². The van der Waals surface area contributed by atoms with E-state index in [4.69, 9.17) is 4.74 Å². The quantitative estimate of drug-likeness (QED) is 0.460. The molecule has 0 radical (unpaired) electrons. The van der Waals surface area contributed by atoms with E-state index in [9.17, 15) is 18.7 Å². The molecular weight excluding hydrogens is 438 g/mol. The number of methoxy groups -OCH3 is 1. The van der Waals surface area contributed by atoms with Gasteiger partial charge >= 0.3 is 5.97 Å². The summed E-state index contributed by atoms with van der Waals surface area (Å²) < 4.78 is 34.3. The lowest BCUT2D eigenvalue weighted by Gasteiger charge is -2.45. The van der Waals surface area contributed by atoms with Crippen molar-refractivity contribution >= 4 is 16.9 Å². The molecule has 1 spiro atoms. The predicted molar refractivity (Wildman–Crippen MR) is 127 cm³/mol. The summed E-state index contributed by atoms with van der Waals surface area (Å²) in [5.41, 5.74) is 4.06. The van der Waals surface area contributed by atoms with Gasteiger partial charge in [-0.1, -0.05) is 12.1 Å². The van der Waals surface area contributed by atoms with Gasteiger partial charge in [-0.25, -0.2) is 13.6 Å². The number of carboxylic acid groups (broad SMARTS) is 1. The first-order chi connectivity index (χ1) is 16.2. The van der Waals surface area contributed by atoms with Gasteiger partial charge < -0.3 is 14.8 Å². The Bertz CT molecular complexity index is 1220. The number of nitrogens with one attached hydrogen (secondary N) is 1. The van der Waals surface area contributed by atoms with E-state index in [1.807, 2.05) is 31.3 Å². The molecule has 1 aromatic heterocycles. The molecule has 1 aliphatic heterocycles. The van der Waals surface area contributed by atoms with Crippen LogP contribution in [0.3, 0.4) is 0 Å². The zero-order chi connectivity index (χ0) is 24.1. The molecule has 2 N–H and O–H groups in total. The fourth-order valence-electron chi connectivity index (χ4n) is 6.09. The summed E-state index contributed by atoms with van der Waals surface area (Å²) in [6.07, 6.45) is 3.72. The maximum absolute atomic E-state index is 14.3. The highest BCUT2D eigenvalue weighted by Crippen LogP contribution is 2.56. The number of halogens is 2. The number of carbonyl (C=O) groups is 1. The Balaban J connectivity index is 1.52. The van der Waals surface area contributed by atoms with Gasteiger partial charge in [0.15, 0.2) is 0 Å². The second-order valence-corrected chi connectivity index (χ2v) is 10.0. The molecule has 1 saturated heterocycles. The predicted octanol–water partition coefficient (Wildman–Crippen LogP) is 6.33. The maximum atomic E-state index is 14.3. The van der Waals surface area contributed by atoms with Crippen molar-refractivity contribution in [1.82, 2.24) is 9.88 Å². The van der Waals surface area contributed by atoms with Crippen molar-refractivity contribution in [3.05, 3.63) is 64.8 Å². The van der Waals surface area contributed by atoms with Crippen LogP contribution < -0.4 is 4.74 Å². The van der Waals surface area contributed by atoms with Crippen LogP contribution >= 0.6 is 0 Å². The Morgan fingerprint density at radius 1 is 1.21 bits per heavy atom. The number of nitrogens with zero attached hydrogens (tertiary/aromatic N) is 1. The van der Waals surface area contributed by atoms with Crippen molar-refractivity contribution in [2.75, 3.05) is 13.7 Å². The van der Waals surface area contributed by atoms with Gasteiger partial charge in [0.05, 0.1) is 12.7 Å². The van der Waals surface area contributed by atoms with Crippen LogP contribution in [0.4, 0.5) is 8.78 Å². The molecule has 0 amide bonds. The number of fused-ring (bicyclic) bond motifs is 1. The molecule has 2 aliphatic rings. The third-order valence-corrected chi connectivity index (χ3v) is 7.89. The molecule has 7 heteroatoms.